The summed E-state index contributed by atoms with van der Waals surface area (Å²) in [6, 6.07) is 13.2. The second-order valence-electron chi connectivity index (χ2n) is 4.03. The summed E-state index contributed by atoms with van der Waals surface area (Å²) in [6.07, 6.45) is -0.775. The zero-order valence-corrected chi connectivity index (χ0v) is 12.9. The van der Waals surface area contributed by atoms with E-state index in [4.69, 9.17) is 9.47 Å². The first-order chi connectivity index (χ1) is 9.17. The summed E-state index contributed by atoms with van der Waals surface area (Å²) in [7, 11) is 3.16. The van der Waals surface area contributed by atoms with E-state index in [0.717, 1.165) is 9.13 Å². The van der Waals surface area contributed by atoms with Gasteiger partial charge in [-0.25, -0.2) is 0 Å². The van der Waals surface area contributed by atoms with Gasteiger partial charge in [0.25, 0.3) is 0 Å². The van der Waals surface area contributed by atoms with Crippen LogP contribution in [-0.2, 0) is 0 Å². The number of rotatable bonds is 4. The SMILES string of the molecule is COc1cccc(OC)c1C(O)c1ccc(I)cc1. The van der Waals surface area contributed by atoms with Crippen molar-refractivity contribution in [3.05, 3.63) is 57.2 Å². The summed E-state index contributed by atoms with van der Waals surface area (Å²) < 4.78 is 11.8. The second-order valence-corrected chi connectivity index (χ2v) is 5.28. The van der Waals surface area contributed by atoms with E-state index < -0.39 is 6.10 Å². The minimum Gasteiger partial charge on any atom is -0.496 e. The van der Waals surface area contributed by atoms with Crippen LogP contribution < -0.4 is 9.47 Å². The van der Waals surface area contributed by atoms with Crippen molar-refractivity contribution in [3.63, 3.8) is 0 Å². The first kappa shape index (κ1) is 14.1. The summed E-state index contributed by atoms with van der Waals surface area (Å²) in [5.74, 6) is 1.23. The zero-order chi connectivity index (χ0) is 13.8. The molecule has 0 heterocycles. The standard InChI is InChI=1S/C15H15IO3/c1-18-12-4-3-5-13(19-2)14(12)15(17)10-6-8-11(16)9-7-10/h3-9,15,17H,1-2H3. The van der Waals surface area contributed by atoms with E-state index in [1.54, 1.807) is 14.2 Å². The van der Waals surface area contributed by atoms with Gasteiger partial charge in [0.15, 0.2) is 0 Å². The maximum atomic E-state index is 10.5. The average Bonchev–Trinajstić information content (AvgIpc) is 2.46. The predicted molar refractivity (Wildman–Crippen MR) is 82.8 cm³/mol. The molecule has 1 unspecified atom stereocenters. The summed E-state index contributed by atoms with van der Waals surface area (Å²) in [5, 5.41) is 10.5. The average molecular weight is 370 g/mol. The topological polar surface area (TPSA) is 38.7 Å². The second kappa shape index (κ2) is 6.25. The highest BCUT2D eigenvalue weighted by Crippen LogP contribution is 2.37. The molecule has 0 spiro atoms. The Balaban J connectivity index is 2.47. The van der Waals surface area contributed by atoms with Crippen LogP contribution in [0.5, 0.6) is 11.5 Å². The fourth-order valence-electron chi connectivity index (χ4n) is 1.96. The summed E-state index contributed by atoms with van der Waals surface area (Å²) in [4.78, 5) is 0. The number of hydrogen-bond acceptors (Lipinski definition) is 3. The van der Waals surface area contributed by atoms with Crippen LogP contribution >= 0.6 is 22.6 Å². The number of benzene rings is 2. The van der Waals surface area contributed by atoms with Crippen molar-refractivity contribution < 1.29 is 14.6 Å². The lowest BCUT2D eigenvalue weighted by molar-refractivity contribution is 0.209. The molecule has 0 saturated heterocycles. The maximum absolute atomic E-state index is 10.5. The van der Waals surface area contributed by atoms with E-state index in [1.165, 1.54) is 0 Å². The highest BCUT2D eigenvalue weighted by molar-refractivity contribution is 14.1. The molecule has 4 heteroatoms. The molecule has 3 nitrogen and oxygen atoms in total. The molecule has 2 rings (SSSR count). The van der Waals surface area contributed by atoms with Crippen molar-refractivity contribution in [1.29, 1.82) is 0 Å². The lowest BCUT2D eigenvalue weighted by atomic mass is 10.00. The van der Waals surface area contributed by atoms with Crippen LogP contribution in [0.25, 0.3) is 0 Å². The van der Waals surface area contributed by atoms with E-state index in [9.17, 15) is 5.11 Å². The Hall–Kier alpha value is -1.27. The lowest BCUT2D eigenvalue weighted by Crippen LogP contribution is -2.05. The van der Waals surface area contributed by atoms with Gasteiger partial charge in [0, 0.05) is 3.57 Å². The molecule has 0 aromatic heterocycles. The highest BCUT2D eigenvalue weighted by atomic mass is 127. The molecule has 0 aliphatic carbocycles. The minimum absolute atomic E-state index is 0.616. The number of aliphatic hydroxyl groups is 1. The molecule has 2 aromatic carbocycles. The van der Waals surface area contributed by atoms with Crippen molar-refractivity contribution in [2.75, 3.05) is 14.2 Å². The molecular formula is C15H15IO3. The normalized spacial score (nSPS) is 12.0. The molecule has 0 amide bonds. The van der Waals surface area contributed by atoms with Crippen molar-refractivity contribution in [3.8, 4) is 11.5 Å². The summed E-state index contributed by atoms with van der Waals surface area (Å²) in [5.41, 5.74) is 1.46. The zero-order valence-electron chi connectivity index (χ0n) is 10.8. The van der Waals surface area contributed by atoms with Gasteiger partial charge in [0.05, 0.1) is 19.8 Å². The molecule has 2 aromatic rings. The number of halogens is 1. The Labute approximate surface area is 126 Å². The highest BCUT2D eigenvalue weighted by Gasteiger charge is 2.20. The van der Waals surface area contributed by atoms with Gasteiger partial charge in [0.2, 0.25) is 0 Å². The van der Waals surface area contributed by atoms with E-state index >= 15 is 0 Å². The van der Waals surface area contributed by atoms with Crippen molar-refractivity contribution in [2.45, 2.75) is 6.10 Å². The fourth-order valence-corrected chi connectivity index (χ4v) is 2.32. The van der Waals surface area contributed by atoms with Crippen molar-refractivity contribution in [2.24, 2.45) is 0 Å². The third-order valence-electron chi connectivity index (χ3n) is 2.93. The van der Waals surface area contributed by atoms with Crippen LogP contribution in [-0.4, -0.2) is 19.3 Å². The van der Waals surface area contributed by atoms with Gasteiger partial charge in [-0.05, 0) is 52.4 Å². The van der Waals surface area contributed by atoms with E-state index in [-0.39, 0.29) is 0 Å². The van der Waals surface area contributed by atoms with Gasteiger partial charge in [0.1, 0.15) is 17.6 Å². The monoisotopic (exact) mass is 370 g/mol. The number of hydrogen-bond donors (Lipinski definition) is 1. The Kier molecular flexibility index (Phi) is 4.66. The van der Waals surface area contributed by atoms with Crippen LogP contribution in [0, 0.1) is 3.57 Å². The number of ether oxygens (including phenoxy) is 2. The molecular weight excluding hydrogens is 355 g/mol. The van der Waals surface area contributed by atoms with E-state index in [0.29, 0.717) is 17.1 Å². The summed E-state index contributed by atoms with van der Waals surface area (Å²) >= 11 is 2.23. The molecule has 0 aliphatic rings. The van der Waals surface area contributed by atoms with Gasteiger partial charge in [-0.3, -0.25) is 0 Å². The smallest absolute Gasteiger partial charge is 0.128 e. The number of methoxy groups -OCH3 is 2. The lowest BCUT2D eigenvalue weighted by Gasteiger charge is -2.18. The molecule has 1 N–H and O–H groups in total. The van der Waals surface area contributed by atoms with Crippen LogP contribution in [0.4, 0.5) is 0 Å². The Morgan fingerprint density at radius 1 is 0.947 bits per heavy atom. The third kappa shape index (κ3) is 3.01. The van der Waals surface area contributed by atoms with Crippen molar-refractivity contribution in [1.82, 2.24) is 0 Å². The van der Waals surface area contributed by atoms with Crippen LogP contribution in [0.3, 0.4) is 0 Å². The Morgan fingerprint density at radius 2 is 1.47 bits per heavy atom. The molecule has 100 valence electrons. The molecule has 0 radical (unpaired) electrons. The maximum Gasteiger partial charge on any atom is 0.128 e. The minimum atomic E-state index is -0.775. The molecule has 0 saturated carbocycles. The number of aliphatic hydroxyl groups excluding tert-OH is 1. The molecule has 19 heavy (non-hydrogen) atoms. The molecule has 0 aliphatic heterocycles. The Bertz CT molecular complexity index is 530. The van der Waals surface area contributed by atoms with Gasteiger partial charge in [-0.2, -0.15) is 0 Å². The van der Waals surface area contributed by atoms with Crippen molar-refractivity contribution >= 4 is 22.6 Å². The molecule has 1 atom stereocenters. The van der Waals surface area contributed by atoms with Crippen LogP contribution in [0.2, 0.25) is 0 Å². The van der Waals surface area contributed by atoms with Crippen LogP contribution in [0.15, 0.2) is 42.5 Å². The van der Waals surface area contributed by atoms with E-state index in [1.807, 2.05) is 42.5 Å². The van der Waals surface area contributed by atoms with Crippen LogP contribution in [0.1, 0.15) is 17.2 Å². The molecule has 0 bridgehead atoms. The Morgan fingerprint density at radius 3 is 1.95 bits per heavy atom. The molecule has 0 fully saturated rings. The predicted octanol–water partition coefficient (Wildman–Crippen LogP) is 3.39. The third-order valence-corrected chi connectivity index (χ3v) is 3.64. The fraction of sp³-hybridized carbons (Fsp3) is 0.200. The first-order valence-corrected chi connectivity index (χ1v) is 6.89. The van der Waals surface area contributed by atoms with Gasteiger partial charge in [-0.1, -0.05) is 18.2 Å². The largest absolute Gasteiger partial charge is 0.496 e. The van der Waals surface area contributed by atoms with Gasteiger partial charge >= 0.3 is 0 Å². The first-order valence-electron chi connectivity index (χ1n) is 5.81. The van der Waals surface area contributed by atoms with E-state index in [2.05, 4.69) is 22.6 Å². The summed E-state index contributed by atoms with van der Waals surface area (Å²) in [6.45, 7) is 0. The quantitative estimate of drug-likeness (QED) is 0.839. The van der Waals surface area contributed by atoms with Gasteiger partial charge < -0.3 is 14.6 Å². The van der Waals surface area contributed by atoms with Gasteiger partial charge in [-0.15, -0.1) is 0 Å².